The van der Waals surface area contributed by atoms with Crippen LogP contribution < -0.4 is 10.6 Å². The molecule has 2 saturated heterocycles. The number of rotatable bonds is 8. The highest BCUT2D eigenvalue weighted by molar-refractivity contribution is 7.99. The lowest BCUT2D eigenvalue weighted by Gasteiger charge is -2.44. The minimum atomic E-state index is -1.43. The van der Waals surface area contributed by atoms with E-state index in [1.807, 2.05) is 6.92 Å². The minimum Gasteiger partial charge on any atom is -0.388 e. The third kappa shape index (κ3) is 6.18. The van der Waals surface area contributed by atoms with E-state index in [1.54, 1.807) is 13.2 Å². The van der Waals surface area contributed by atoms with Crippen molar-refractivity contribution in [2.24, 2.45) is 0 Å². The van der Waals surface area contributed by atoms with Crippen molar-refractivity contribution in [2.75, 3.05) is 12.8 Å². The molecule has 2 heterocycles. The number of aliphatic hydroxyl groups is 3. The number of alkyl halides is 2. The first-order valence-electron chi connectivity index (χ1n) is 10.2. The summed E-state index contributed by atoms with van der Waals surface area (Å²) in [6.45, 7) is 4.05. The molecule has 2 fully saturated rings. The molecule has 9 atom stereocenters. The molecular weight excluding hydrogens is 423 g/mol. The Morgan fingerprint density at radius 3 is 2.66 bits per heavy atom. The van der Waals surface area contributed by atoms with Gasteiger partial charge in [0, 0.05) is 6.42 Å². The average molecular weight is 457 g/mol. The molecule has 29 heavy (non-hydrogen) atoms. The van der Waals surface area contributed by atoms with Crippen LogP contribution in [0, 0.1) is 0 Å². The summed E-state index contributed by atoms with van der Waals surface area (Å²) >= 11 is 7.46. The fourth-order valence-electron chi connectivity index (χ4n) is 4.00. The van der Waals surface area contributed by atoms with E-state index in [4.69, 9.17) is 16.3 Å². The lowest BCUT2D eigenvalue weighted by Crippen LogP contribution is -2.65. The third-order valence-corrected chi connectivity index (χ3v) is 6.95. The van der Waals surface area contributed by atoms with Gasteiger partial charge in [-0.2, -0.15) is 0 Å². The second-order valence-corrected chi connectivity index (χ2v) is 9.73. The maximum absolute atomic E-state index is 15.1. The van der Waals surface area contributed by atoms with Crippen molar-refractivity contribution in [2.45, 2.75) is 98.9 Å². The average Bonchev–Trinajstić information content (AvgIpc) is 2.69. The van der Waals surface area contributed by atoms with Gasteiger partial charge in [0.2, 0.25) is 5.91 Å². The molecule has 170 valence electrons. The normalized spacial score (nSPS) is 40.3. The first-order chi connectivity index (χ1) is 13.6. The number of ether oxygens (including phenoxy) is 1. The number of aliphatic hydroxyl groups excluding tert-OH is 3. The number of nitrogens with one attached hydrogen (secondary N) is 2. The molecule has 0 aromatic carbocycles. The van der Waals surface area contributed by atoms with Crippen LogP contribution in [-0.4, -0.2) is 87.0 Å². The third-order valence-electron chi connectivity index (χ3n) is 5.83. The summed E-state index contributed by atoms with van der Waals surface area (Å²) in [5, 5.41) is 35.8. The Labute approximate surface area is 181 Å². The Balaban J connectivity index is 2.08. The van der Waals surface area contributed by atoms with Crippen molar-refractivity contribution < 1.29 is 29.2 Å². The summed E-state index contributed by atoms with van der Waals surface area (Å²) in [5.74, 6) is -0.419. The van der Waals surface area contributed by atoms with E-state index in [9.17, 15) is 20.1 Å². The lowest BCUT2D eigenvalue weighted by molar-refractivity contribution is -0.205. The van der Waals surface area contributed by atoms with Crippen LogP contribution in [0.25, 0.3) is 0 Å². The van der Waals surface area contributed by atoms with E-state index < -0.39 is 58.9 Å². The molecule has 0 aliphatic carbocycles. The Bertz CT molecular complexity index is 547. The van der Waals surface area contributed by atoms with Crippen LogP contribution in [0.2, 0.25) is 0 Å². The maximum Gasteiger partial charge on any atom is 0.237 e. The first-order valence-corrected chi connectivity index (χ1v) is 11.9. The van der Waals surface area contributed by atoms with Gasteiger partial charge in [0.25, 0.3) is 0 Å². The predicted molar refractivity (Wildman–Crippen MR) is 112 cm³/mol. The van der Waals surface area contributed by atoms with Gasteiger partial charge in [0.05, 0.1) is 17.5 Å². The van der Waals surface area contributed by atoms with E-state index in [1.165, 1.54) is 11.8 Å². The molecule has 0 aromatic rings. The molecule has 0 aromatic heterocycles. The van der Waals surface area contributed by atoms with Crippen LogP contribution >= 0.6 is 23.4 Å². The molecule has 0 spiro atoms. The highest BCUT2D eigenvalue weighted by Crippen LogP contribution is 2.33. The Morgan fingerprint density at radius 1 is 1.38 bits per heavy atom. The van der Waals surface area contributed by atoms with Gasteiger partial charge in [-0.25, -0.2) is 4.39 Å². The van der Waals surface area contributed by atoms with E-state index in [0.717, 1.165) is 12.8 Å². The number of carbonyl (C=O) groups excluding carboxylic acids is 1. The molecule has 7 nitrogen and oxygen atoms in total. The molecule has 10 heteroatoms. The molecule has 2 rings (SSSR count). The number of amides is 1. The van der Waals surface area contributed by atoms with Crippen LogP contribution in [0.3, 0.4) is 0 Å². The standard InChI is InChI=1S/C19H34ClFN2O5S/c1-4-5-6-19(21)7-8-22-11(9-19)17(27)23-12(10(2)20)16-14(25)13(24)15(26)18(28-16)29-3/h10-16,18,22,24-26H,4-9H2,1-3H3,(H,23,27)/t10-,11-,12+,13-,14+,15+,16?,18+,19?/m0/s1. The van der Waals surface area contributed by atoms with Crippen molar-refractivity contribution in [3.8, 4) is 0 Å². The van der Waals surface area contributed by atoms with Gasteiger partial charge < -0.3 is 30.7 Å². The smallest absolute Gasteiger partial charge is 0.237 e. The predicted octanol–water partition coefficient (Wildman–Crippen LogP) is 0.920. The molecule has 1 amide bonds. The zero-order valence-electron chi connectivity index (χ0n) is 17.2. The van der Waals surface area contributed by atoms with E-state index >= 15 is 4.39 Å². The molecule has 2 aliphatic heterocycles. The van der Waals surface area contributed by atoms with Crippen LogP contribution in [0.5, 0.6) is 0 Å². The summed E-state index contributed by atoms with van der Waals surface area (Å²) in [7, 11) is 0. The number of unbranched alkanes of at least 4 members (excludes halogenated alkanes) is 1. The molecule has 2 aliphatic rings. The van der Waals surface area contributed by atoms with Crippen molar-refractivity contribution >= 4 is 29.3 Å². The molecule has 0 saturated carbocycles. The summed E-state index contributed by atoms with van der Waals surface area (Å²) in [6.07, 6.45) is -0.893. The van der Waals surface area contributed by atoms with E-state index in [0.29, 0.717) is 19.4 Å². The molecule has 2 unspecified atom stereocenters. The first kappa shape index (κ1) is 25.1. The van der Waals surface area contributed by atoms with Gasteiger partial charge in [-0.15, -0.1) is 23.4 Å². The SMILES string of the molecule is CCCCC1(F)CCN[C@H](C(=O)N[C@@H](C2O[C@H](SC)[C@H](O)[C@@H](O)[C@H]2O)[C@H](C)Cl)C1. The highest BCUT2D eigenvalue weighted by Gasteiger charge is 2.48. The Hall–Kier alpha value is -0.160. The summed E-state index contributed by atoms with van der Waals surface area (Å²) in [6, 6.07) is -1.54. The lowest BCUT2D eigenvalue weighted by atomic mass is 9.84. The second-order valence-electron chi connectivity index (χ2n) is 8.10. The Kier molecular flexibility index (Phi) is 9.46. The van der Waals surface area contributed by atoms with Gasteiger partial charge in [0.15, 0.2) is 0 Å². The molecule has 5 N–H and O–H groups in total. The topological polar surface area (TPSA) is 111 Å². The number of hydrogen-bond acceptors (Lipinski definition) is 7. The summed E-state index contributed by atoms with van der Waals surface area (Å²) < 4.78 is 20.8. The fraction of sp³-hybridized carbons (Fsp3) is 0.947. The zero-order chi connectivity index (χ0) is 21.8. The zero-order valence-corrected chi connectivity index (χ0v) is 18.8. The van der Waals surface area contributed by atoms with E-state index in [2.05, 4.69) is 10.6 Å². The van der Waals surface area contributed by atoms with Crippen molar-refractivity contribution in [1.29, 1.82) is 0 Å². The van der Waals surface area contributed by atoms with Gasteiger partial charge in [-0.05, 0) is 32.6 Å². The van der Waals surface area contributed by atoms with Crippen LogP contribution in [-0.2, 0) is 9.53 Å². The van der Waals surface area contributed by atoms with Crippen LogP contribution in [0.1, 0.15) is 46.0 Å². The summed E-state index contributed by atoms with van der Waals surface area (Å²) in [5.41, 5.74) is -2.15. The van der Waals surface area contributed by atoms with Crippen molar-refractivity contribution in [3.05, 3.63) is 0 Å². The monoisotopic (exact) mass is 456 g/mol. The second kappa shape index (κ2) is 10.9. The molecule has 0 radical (unpaired) electrons. The number of hydrogen-bond donors (Lipinski definition) is 5. The Morgan fingerprint density at radius 2 is 2.07 bits per heavy atom. The maximum atomic E-state index is 15.1. The highest BCUT2D eigenvalue weighted by atomic mass is 35.5. The largest absolute Gasteiger partial charge is 0.388 e. The van der Waals surface area contributed by atoms with Gasteiger partial charge in [-0.1, -0.05) is 19.8 Å². The number of halogens is 2. The minimum absolute atomic E-state index is 0.0745. The quantitative estimate of drug-likeness (QED) is 0.345. The van der Waals surface area contributed by atoms with Gasteiger partial charge >= 0.3 is 0 Å². The van der Waals surface area contributed by atoms with Crippen LogP contribution in [0.15, 0.2) is 0 Å². The molecule has 0 bridgehead atoms. The van der Waals surface area contributed by atoms with E-state index in [-0.39, 0.29) is 6.42 Å². The van der Waals surface area contributed by atoms with Crippen molar-refractivity contribution in [1.82, 2.24) is 10.6 Å². The molecular formula is C19H34ClFN2O5S. The summed E-state index contributed by atoms with van der Waals surface area (Å²) in [4.78, 5) is 12.9. The van der Waals surface area contributed by atoms with Gasteiger partial charge in [-0.3, -0.25) is 4.79 Å². The number of carbonyl (C=O) groups is 1. The van der Waals surface area contributed by atoms with Gasteiger partial charge in [0.1, 0.15) is 35.5 Å². The van der Waals surface area contributed by atoms with Crippen LogP contribution in [0.4, 0.5) is 4.39 Å². The van der Waals surface area contributed by atoms with Crippen molar-refractivity contribution in [3.63, 3.8) is 0 Å². The number of thioether (sulfide) groups is 1. The fourth-order valence-corrected chi connectivity index (χ4v) is 4.89. The number of piperidine rings is 1.